The van der Waals surface area contributed by atoms with Crippen molar-refractivity contribution in [2.45, 2.75) is 12.8 Å². The minimum atomic E-state index is -0.613. The number of methoxy groups -OCH3 is 1. The lowest BCUT2D eigenvalue weighted by molar-refractivity contribution is -0.120. The zero-order valence-electron chi connectivity index (χ0n) is 15.0. The number of amides is 2. The van der Waals surface area contributed by atoms with E-state index in [4.69, 9.17) is 19.7 Å². The molecule has 2 aromatic heterocycles. The van der Waals surface area contributed by atoms with Gasteiger partial charge in [0.1, 0.15) is 0 Å². The van der Waals surface area contributed by atoms with E-state index < -0.39 is 5.91 Å². The number of carbonyl (C=O) groups excluding carboxylic acids is 2. The number of carbonyl (C=O) groups is 2. The van der Waals surface area contributed by atoms with E-state index in [1.54, 1.807) is 18.2 Å². The number of nitrogens with one attached hydrogen (secondary N) is 1. The van der Waals surface area contributed by atoms with Crippen molar-refractivity contribution in [1.82, 2.24) is 10.1 Å². The first-order valence-corrected chi connectivity index (χ1v) is 9.18. The monoisotopic (exact) mass is 402 g/mol. The Bertz CT molecular complexity index is 955. The van der Waals surface area contributed by atoms with Crippen LogP contribution in [0.1, 0.15) is 12.3 Å². The molecule has 28 heavy (non-hydrogen) atoms. The average molecular weight is 402 g/mol. The quantitative estimate of drug-likeness (QED) is 0.561. The van der Waals surface area contributed by atoms with Crippen molar-refractivity contribution in [1.29, 1.82) is 0 Å². The highest BCUT2D eigenvalue weighted by atomic mass is 32.1. The SMILES string of the molecule is COc1ccc(NC(=O)CCc2nc(-c3cccs3)no2)cc1OCC(N)=O. The smallest absolute Gasteiger partial charge is 0.255 e. The summed E-state index contributed by atoms with van der Waals surface area (Å²) >= 11 is 1.51. The van der Waals surface area contributed by atoms with Crippen LogP contribution in [0.5, 0.6) is 11.5 Å². The van der Waals surface area contributed by atoms with E-state index in [0.717, 1.165) is 4.88 Å². The van der Waals surface area contributed by atoms with Gasteiger partial charge in [-0.1, -0.05) is 11.2 Å². The molecule has 3 N–H and O–H groups in total. The molecule has 2 amide bonds. The third-order valence-electron chi connectivity index (χ3n) is 3.59. The number of hydrogen-bond donors (Lipinski definition) is 2. The zero-order chi connectivity index (χ0) is 19.9. The predicted octanol–water partition coefficient (Wildman–Crippen LogP) is 2.24. The maximum absolute atomic E-state index is 12.2. The highest BCUT2D eigenvalue weighted by molar-refractivity contribution is 7.13. The fraction of sp³-hybridized carbons (Fsp3) is 0.222. The van der Waals surface area contributed by atoms with Crippen molar-refractivity contribution in [2.24, 2.45) is 5.73 Å². The van der Waals surface area contributed by atoms with E-state index in [0.29, 0.717) is 35.3 Å². The summed E-state index contributed by atoms with van der Waals surface area (Å²) in [5, 5.41) is 8.58. The Morgan fingerprint density at radius 3 is 2.86 bits per heavy atom. The largest absolute Gasteiger partial charge is 0.493 e. The first kappa shape index (κ1) is 19.4. The molecule has 3 aromatic rings. The van der Waals surface area contributed by atoms with Gasteiger partial charge >= 0.3 is 0 Å². The van der Waals surface area contributed by atoms with E-state index >= 15 is 0 Å². The molecule has 0 fully saturated rings. The number of hydrogen-bond acceptors (Lipinski definition) is 8. The van der Waals surface area contributed by atoms with E-state index in [9.17, 15) is 9.59 Å². The second-order valence-electron chi connectivity index (χ2n) is 5.66. The van der Waals surface area contributed by atoms with Crippen LogP contribution in [0.25, 0.3) is 10.7 Å². The van der Waals surface area contributed by atoms with Crippen molar-refractivity contribution in [3.05, 3.63) is 41.6 Å². The van der Waals surface area contributed by atoms with Crippen molar-refractivity contribution in [3.8, 4) is 22.2 Å². The Kier molecular flexibility index (Phi) is 6.22. The lowest BCUT2D eigenvalue weighted by Crippen LogP contribution is -2.20. The summed E-state index contributed by atoms with van der Waals surface area (Å²) in [6.45, 7) is -0.294. The Morgan fingerprint density at radius 2 is 2.14 bits per heavy atom. The molecule has 1 aromatic carbocycles. The third kappa shape index (κ3) is 5.07. The summed E-state index contributed by atoms with van der Waals surface area (Å²) in [5.41, 5.74) is 5.58. The molecule has 9 nitrogen and oxygen atoms in total. The summed E-state index contributed by atoms with van der Waals surface area (Å²) in [7, 11) is 1.47. The van der Waals surface area contributed by atoms with Crippen LogP contribution in [0.4, 0.5) is 5.69 Å². The summed E-state index contributed by atoms with van der Waals surface area (Å²) in [4.78, 5) is 28.3. The Labute approximate surface area is 164 Å². The number of nitrogens with zero attached hydrogens (tertiary/aromatic N) is 2. The lowest BCUT2D eigenvalue weighted by Gasteiger charge is -2.12. The van der Waals surface area contributed by atoms with E-state index in [1.807, 2.05) is 17.5 Å². The fourth-order valence-electron chi connectivity index (χ4n) is 2.32. The maximum atomic E-state index is 12.2. The number of anilines is 1. The van der Waals surface area contributed by atoms with Crippen LogP contribution in [0.15, 0.2) is 40.2 Å². The molecule has 2 heterocycles. The zero-order valence-corrected chi connectivity index (χ0v) is 15.8. The molecule has 0 aliphatic rings. The molecule has 3 rings (SSSR count). The summed E-state index contributed by atoms with van der Waals surface area (Å²) in [6, 6.07) is 8.64. The molecule has 0 aliphatic carbocycles. The average Bonchev–Trinajstić information content (AvgIpc) is 3.36. The van der Waals surface area contributed by atoms with Gasteiger partial charge in [-0.15, -0.1) is 11.3 Å². The fourth-order valence-corrected chi connectivity index (χ4v) is 2.97. The summed E-state index contributed by atoms with van der Waals surface area (Å²) < 4.78 is 15.6. The summed E-state index contributed by atoms with van der Waals surface area (Å²) in [6.07, 6.45) is 0.473. The second-order valence-corrected chi connectivity index (χ2v) is 6.61. The number of rotatable bonds is 9. The standard InChI is InChI=1S/C18H18N4O5S/c1-25-12-5-4-11(9-13(12)26-10-15(19)23)20-16(24)6-7-17-21-18(22-27-17)14-3-2-8-28-14/h2-5,8-9H,6-7,10H2,1H3,(H2,19,23)(H,20,24). The van der Waals surface area contributed by atoms with Gasteiger partial charge in [-0.3, -0.25) is 9.59 Å². The number of ether oxygens (including phenoxy) is 2. The predicted molar refractivity (Wildman–Crippen MR) is 102 cm³/mol. The highest BCUT2D eigenvalue weighted by Gasteiger charge is 2.13. The van der Waals surface area contributed by atoms with E-state index in [-0.39, 0.29) is 18.9 Å². The Balaban J connectivity index is 1.57. The van der Waals surface area contributed by atoms with Gasteiger partial charge in [0.05, 0.1) is 12.0 Å². The van der Waals surface area contributed by atoms with E-state index in [1.165, 1.54) is 18.4 Å². The van der Waals surface area contributed by atoms with Crippen LogP contribution in [0.3, 0.4) is 0 Å². The van der Waals surface area contributed by atoms with Crippen molar-refractivity contribution in [3.63, 3.8) is 0 Å². The van der Waals surface area contributed by atoms with Gasteiger partial charge < -0.3 is 25.0 Å². The van der Waals surface area contributed by atoms with Crippen molar-refractivity contribution >= 4 is 28.8 Å². The molecule has 146 valence electrons. The van der Waals surface area contributed by atoms with Gasteiger partial charge in [-0.25, -0.2) is 0 Å². The van der Waals surface area contributed by atoms with Crippen molar-refractivity contribution < 1.29 is 23.6 Å². The van der Waals surface area contributed by atoms with Crippen LogP contribution in [-0.2, 0) is 16.0 Å². The number of thiophene rings is 1. The van der Waals surface area contributed by atoms with Crippen LogP contribution >= 0.6 is 11.3 Å². The molecule has 0 saturated carbocycles. The number of aromatic nitrogens is 2. The van der Waals surface area contributed by atoms with Crippen molar-refractivity contribution in [2.75, 3.05) is 19.0 Å². The molecule has 0 radical (unpaired) electrons. The van der Waals surface area contributed by atoms with Gasteiger partial charge in [-0.05, 0) is 23.6 Å². The molecule has 0 atom stereocenters. The number of nitrogens with two attached hydrogens (primary N) is 1. The Morgan fingerprint density at radius 1 is 1.29 bits per heavy atom. The maximum Gasteiger partial charge on any atom is 0.255 e. The van der Waals surface area contributed by atoms with Gasteiger partial charge in [0.25, 0.3) is 5.91 Å². The molecule has 0 saturated heterocycles. The van der Waals surface area contributed by atoms with Crippen LogP contribution in [0, 0.1) is 0 Å². The minimum Gasteiger partial charge on any atom is -0.493 e. The van der Waals surface area contributed by atoms with Crippen LogP contribution < -0.4 is 20.5 Å². The van der Waals surface area contributed by atoms with Crippen LogP contribution in [0.2, 0.25) is 0 Å². The normalized spacial score (nSPS) is 10.5. The molecule has 0 spiro atoms. The number of primary amides is 1. The number of benzene rings is 1. The van der Waals surface area contributed by atoms with Gasteiger partial charge in [-0.2, -0.15) is 4.98 Å². The second kappa shape index (κ2) is 9.00. The third-order valence-corrected chi connectivity index (χ3v) is 4.46. The van der Waals surface area contributed by atoms with Crippen LogP contribution in [-0.4, -0.2) is 35.7 Å². The topological polar surface area (TPSA) is 130 Å². The lowest BCUT2D eigenvalue weighted by atomic mass is 10.2. The first-order valence-electron chi connectivity index (χ1n) is 8.30. The van der Waals surface area contributed by atoms with E-state index in [2.05, 4.69) is 15.5 Å². The molecular weight excluding hydrogens is 384 g/mol. The minimum absolute atomic E-state index is 0.162. The van der Waals surface area contributed by atoms with Gasteiger partial charge in [0, 0.05) is 24.6 Å². The van der Waals surface area contributed by atoms with Gasteiger partial charge in [0.15, 0.2) is 18.1 Å². The molecule has 0 aliphatic heterocycles. The first-order chi connectivity index (χ1) is 13.5. The molecule has 0 unspecified atom stereocenters. The molecular formula is C18H18N4O5S. The highest BCUT2D eigenvalue weighted by Crippen LogP contribution is 2.30. The van der Waals surface area contributed by atoms with Gasteiger partial charge in [0.2, 0.25) is 17.6 Å². The molecule has 0 bridgehead atoms. The summed E-state index contributed by atoms with van der Waals surface area (Å²) in [5.74, 6) is 0.776. The number of aryl methyl sites for hydroxylation is 1. The molecule has 10 heteroatoms. The Hall–Kier alpha value is -3.40.